The lowest BCUT2D eigenvalue weighted by atomic mass is 10.2. The number of aryl methyl sites for hydroxylation is 1. The van der Waals surface area contributed by atoms with Crippen molar-refractivity contribution in [3.05, 3.63) is 17.5 Å². The molecule has 4 nitrogen and oxygen atoms in total. The predicted octanol–water partition coefficient (Wildman–Crippen LogP) is 0.490. The van der Waals surface area contributed by atoms with Crippen molar-refractivity contribution in [3.8, 4) is 0 Å². The van der Waals surface area contributed by atoms with E-state index in [0.29, 0.717) is 12.2 Å². The van der Waals surface area contributed by atoms with Gasteiger partial charge in [-0.2, -0.15) is 0 Å². The molecule has 0 aliphatic carbocycles. The Morgan fingerprint density at radius 3 is 3.00 bits per heavy atom. The Morgan fingerprint density at radius 1 is 1.75 bits per heavy atom. The minimum Gasteiger partial charge on any atom is -0.385 e. The van der Waals surface area contributed by atoms with Gasteiger partial charge in [-0.15, -0.1) is 0 Å². The van der Waals surface area contributed by atoms with Gasteiger partial charge in [-0.3, -0.25) is 0 Å². The van der Waals surface area contributed by atoms with Crippen LogP contribution in [0.2, 0.25) is 0 Å². The maximum absolute atomic E-state index is 9.44. The summed E-state index contributed by atoms with van der Waals surface area (Å²) in [5.41, 5.74) is 0.598. The highest BCUT2D eigenvalue weighted by Crippen LogP contribution is 2.12. The van der Waals surface area contributed by atoms with Gasteiger partial charge in [0.15, 0.2) is 0 Å². The normalized spacial score (nSPS) is 13.2. The van der Waals surface area contributed by atoms with Crippen LogP contribution in [-0.4, -0.2) is 23.9 Å². The summed E-state index contributed by atoms with van der Waals surface area (Å²) in [5, 5.41) is 16.0. The molecule has 0 aliphatic heterocycles. The monoisotopic (exact) mass is 170 g/mol. The third kappa shape index (κ3) is 2.06. The number of nitrogens with zero attached hydrogens (tertiary/aromatic N) is 1. The van der Waals surface area contributed by atoms with E-state index >= 15 is 0 Å². The average Bonchev–Trinajstić information content (AvgIpc) is 2.52. The van der Waals surface area contributed by atoms with E-state index in [-0.39, 0.29) is 0 Å². The van der Waals surface area contributed by atoms with Gasteiger partial charge in [0.2, 0.25) is 0 Å². The number of aliphatic hydroxyl groups is 1. The lowest BCUT2D eigenvalue weighted by Gasteiger charge is -2.03. The van der Waals surface area contributed by atoms with Gasteiger partial charge in [0.25, 0.3) is 0 Å². The molecule has 1 atom stereocenters. The zero-order valence-corrected chi connectivity index (χ0v) is 7.37. The Labute approximate surface area is 71.6 Å². The number of likely N-dealkylation sites (N-methyl/N-ethyl adjacent to an activating group) is 1. The Bertz CT molecular complexity index is 235. The van der Waals surface area contributed by atoms with E-state index in [0.717, 1.165) is 12.2 Å². The van der Waals surface area contributed by atoms with Crippen molar-refractivity contribution in [2.45, 2.75) is 19.4 Å². The molecule has 0 amide bonds. The van der Waals surface area contributed by atoms with Crippen molar-refractivity contribution < 1.29 is 9.63 Å². The van der Waals surface area contributed by atoms with Crippen LogP contribution in [0.15, 0.2) is 10.6 Å². The Kier molecular flexibility index (Phi) is 3.25. The van der Waals surface area contributed by atoms with Crippen LogP contribution >= 0.6 is 0 Å². The molecule has 0 aromatic carbocycles. The van der Waals surface area contributed by atoms with Crippen LogP contribution in [0, 0.1) is 0 Å². The SMILES string of the molecule is CCc1cc(C(O)CNC)no1. The van der Waals surface area contributed by atoms with E-state index < -0.39 is 6.10 Å². The largest absolute Gasteiger partial charge is 0.385 e. The van der Waals surface area contributed by atoms with Crippen molar-refractivity contribution in [3.63, 3.8) is 0 Å². The third-order valence-corrected chi connectivity index (χ3v) is 1.66. The van der Waals surface area contributed by atoms with Gasteiger partial charge in [0.05, 0.1) is 0 Å². The van der Waals surface area contributed by atoms with Gasteiger partial charge in [-0.1, -0.05) is 12.1 Å². The second kappa shape index (κ2) is 4.23. The molecule has 0 spiro atoms. The van der Waals surface area contributed by atoms with E-state index in [1.54, 1.807) is 13.1 Å². The fraction of sp³-hybridized carbons (Fsp3) is 0.625. The molecule has 1 aromatic rings. The Morgan fingerprint density at radius 2 is 2.50 bits per heavy atom. The van der Waals surface area contributed by atoms with Gasteiger partial charge in [0.1, 0.15) is 17.6 Å². The molecule has 68 valence electrons. The summed E-state index contributed by atoms with van der Waals surface area (Å²) < 4.78 is 4.94. The number of aliphatic hydroxyl groups excluding tert-OH is 1. The smallest absolute Gasteiger partial charge is 0.136 e. The molecule has 2 N–H and O–H groups in total. The molecule has 1 unspecified atom stereocenters. The van der Waals surface area contributed by atoms with Gasteiger partial charge in [0, 0.05) is 19.0 Å². The molecular formula is C8H14N2O2. The summed E-state index contributed by atoms with van der Waals surface area (Å²) in [6, 6.07) is 1.78. The number of aromatic nitrogens is 1. The molecule has 0 radical (unpaired) electrons. The summed E-state index contributed by atoms with van der Waals surface area (Å²) >= 11 is 0. The summed E-state index contributed by atoms with van der Waals surface area (Å²) in [6.07, 6.45) is 0.235. The van der Waals surface area contributed by atoms with E-state index in [9.17, 15) is 5.11 Å². The van der Waals surface area contributed by atoms with Crippen LogP contribution in [0.1, 0.15) is 24.5 Å². The first-order chi connectivity index (χ1) is 5.77. The highest BCUT2D eigenvalue weighted by molar-refractivity contribution is 5.08. The van der Waals surface area contributed by atoms with Gasteiger partial charge in [-0.25, -0.2) is 0 Å². The standard InChI is InChI=1S/C8H14N2O2/c1-3-6-4-7(10-12-6)8(11)5-9-2/h4,8-9,11H,3,5H2,1-2H3. The Balaban J connectivity index is 2.61. The topological polar surface area (TPSA) is 58.3 Å². The molecule has 0 saturated heterocycles. The first kappa shape index (κ1) is 9.22. The molecule has 1 aromatic heterocycles. The second-order valence-electron chi connectivity index (χ2n) is 2.65. The highest BCUT2D eigenvalue weighted by Gasteiger charge is 2.11. The minimum atomic E-state index is -0.570. The van der Waals surface area contributed by atoms with E-state index in [1.165, 1.54) is 0 Å². The van der Waals surface area contributed by atoms with Crippen LogP contribution in [0.3, 0.4) is 0 Å². The molecule has 0 saturated carbocycles. The zero-order chi connectivity index (χ0) is 8.97. The molecule has 12 heavy (non-hydrogen) atoms. The van der Waals surface area contributed by atoms with Crippen LogP contribution in [-0.2, 0) is 6.42 Å². The van der Waals surface area contributed by atoms with E-state index in [4.69, 9.17) is 4.52 Å². The number of nitrogens with one attached hydrogen (secondary N) is 1. The fourth-order valence-electron chi connectivity index (χ4n) is 0.951. The lowest BCUT2D eigenvalue weighted by molar-refractivity contribution is 0.167. The van der Waals surface area contributed by atoms with Crippen LogP contribution in [0.5, 0.6) is 0 Å². The van der Waals surface area contributed by atoms with Gasteiger partial charge < -0.3 is 14.9 Å². The third-order valence-electron chi connectivity index (χ3n) is 1.66. The number of rotatable bonds is 4. The van der Waals surface area contributed by atoms with Crippen molar-refractivity contribution in [1.29, 1.82) is 0 Å². The Hall–Kier alpha value is -0.870. The van der Waals surface area contributed by atoms with E-state index in [2.05, 4.69) is 10.5 Å². The summed E-state index contributed by atoms with van der Waals surface area (Å²) in [7, 11) is 1.78. The molecule has 4 heteroatoms. The van der Waals surface area contributed by atoms with Crippen LogP contribution in [0.4, 0.5) is 0 Å². The zero-order valence-electron chi connectivity index (χ0n) is 7.37. The number of hydrogen-bond acceptors (Lipinski definition) is 4. The molecular weight excluding hydrogens is 156 g/mol. The maximum atomic E-state index is 9.44. The average molecular weight is 170 g/mol. The van der Waals surface area contributed by atoms with Gasteiger partial charge >= 0.3 is 0 Å². The molecule has 1 rings (SSSR count). The summed E-state index contributed by atoms with van der Waals surface area (Å²) in [5.74, 6) is 0.806. The number of hydrogen-bond donors (Lipinski definition) is 2. The highest BCUT2D eigenvalue weighted by atomic mass is 16.5. The molecule has 0 fully saturated rings. The molecule has 1 heterocycles. The summed E-state index contributed by atoms with van der Waals surface area (Å²) in [4.78, 5) is 0. The first-order valence-corrected chi connectivity index (χ1v) is 4.06. The van der Waals surface area contributed by atoms with Crippen molar-refractivity contribution in [2.75, 3.05) is 13.6 Å². The summed E-state index contributed by atoms with van der Waals surface area (Å²) in [6.45, 7) is 2.48. The molecule has 0 bridgehead atoms. The quantitative estimate of drug-likeness (QED) is 0.690. The van der Waals surface area contributed by atoms with Crippen LogP contribution in [0.25, 0.3) is 0 Å². The fourth-order valence-corrected chi connectivity index (χ4v) is 0.951. The van der Waals surface area contributed by atoms with Crippen molar-refractivity contribution in [2.24, 2.45) is 0 Å². The minimum absolute atomic E-state index is 0.496. The van der Waals surface area contributed by atoms with Crippen LogP contribution < -0.4 is 5.32 Å². The first-order valence-electron chi connectivity index (χ1n) is 4.06. The maximum Gasteiger partial charge on any atom is 0.136 e. The van der Waals surface area contributed by atoms with Gasteiger partial charge in [-0.05, 0) is 7.05 Å². The predicted molar refractivity (Wildman–Crippen MR) is 44.8 cm³/mol. The lowest BCUT2D eigenvalue weighted by Crippen LogP contribution is -2.16. The van der Waals surface area contributed by atoms with Crippen molar-refractivity contribution in [1.82, 2.24) is 10.5 Å². The van der Waals surface area contributed by atoms with E-state index in [1.807, 2.05) is 6.92 Å². The molecule has 0 aliphatic rings. The second-order valence-corrected chi connectivity index (χ2v) is 2.65. The van der Waals surface area contributed by atoms with Crippen molar-refractivity contribution >= 4 is 0 Å².